The maximum Gasteiger partial charge on any atom is 0.270 e. The van der Waals surface area contributed by atoms with Crippen LogP contribution in [0.15, 0.2) is 36.5 Å². The Morgan fingerprint density at radius 3 is 2.46 bits per heavy atom. The van der Waals surface area contributed by atoms with Crippen molar-refractivity contribution in [2.75, 3.05) is 20.8 Å². The van der Waals surface area contributed by atoms with Gasteiger partial charge in [-0.25, -0.2) is 0 Å². The smallest absolute Gasteiger partial charge is 0.270 e. The van der Waals surface area contributed by atoms with E-state index in [0.717, 1.165) is 24.8 Å². The molecular weight excluding hydrogens is 358 g/mol. The van der Waals surface area contributed by atoms with E-state index in [-0.39, 0.29) is 17.5 Å². The van der Waals surface area contributed by atoms with Crippen molar-refractivity contribution >= 4 is 11.8 Å². The number of rotatable bonds is 10. The van der Waals surface area contributed by atoms with Crippen LogP contribution in [0.1, 0.15) is 52.6 Å². The zero-order chi connectivity index (χ0) is 20.4. The first-order chi connectivity index (χ1) is 13.6. The van der Waals surface area contributed by atoms with Crippen LogP contribution in [0.4, 0.5) is 0 Å². The van der Waals surface area contributed by atoms with Crippen LogP contribution >= 0.6 is 0 Å². The summed E-state index contributed by atoms with van der Waals surface area (Å²) in [5.41, 5.74) is 1.47. The molecule has 0 spiro atoms. The van der Waals surface area contributed by atoms with E-state index in [1.807, 2.05) is 6.07 Å². The first kappa shape index (κ1) is 21.2. The first-order valence-electron chi connectivity index (χ1n) is 9.32. The van der Waals surface area contributed by atoms with E-state index in [1.165, 1.54) is 12.3 Å². The molecule has 150 valence electrons. The quantitative estimate of drug-likeness (QED) is 0.614. The summed E-state index contributed by atoms with van der Waals surface area (Å²) in [4.78, 5) is 28.7. The molecule has 2 rings (SSSR count). The molecule has 0 saturated carbocycles. The number of pyridine rings is 1. The molecule has 0 aliphatic rings. The Morgan fingerprint density at radius 1 is 0.964 bits per heavy atom. The number of nitrogens with one attached hydrogen (secondary N) is 2. The molecule has 0 atom stereocenters. The van der Waals surface area contributed by atoms with Crippen molar-refractivity contribution in [2.45, 2.75) is 32.7 Å². The van der Waals surface area contributed by atoms with Crippen molar-refractivity contribution in [2.24, 2.45) is 0 Å². The molecule has 0 aliphatic heterocycles. The number of aromatic nitrogens is 1. The lowest BCUT2D eigenvalue weighted by molar-refractivity contribution is 0.0946. The Morgan fingerprint density at radius 2 is 1.75 bits per heavy atom. The van der Waals surface area contributed by atoms with E-state index >= 15 is 0 Å². The topological polar surface area (TPSA) is 89.6 Å². The normalized spacial score (nSPS) is 10.2. The van der Waals surface area contributed by atoms with Crippen molar-refractivity contribution in [3.8, 4) is 11.5 Å². The van der Waals surface area contributed by atoms with Crippen LogP contribution in [0.5, 0.6) is 11.5 Å². The summed E-state index contributed by atoms with van der Waals surface area (Å²) in [5.74, 6) is 0.661. The van der Waals surface area contributed by atoms with Crippen molar-refractivity contribution in [1.29, 1.82) is 0 Å². The second-order valence-corrected chi connectivity index (χ2v) is 6.26. The van der Waals surface area contributed by atoms with Crippen molar-refractivity contribution in [1.82, 2.24) is 15.6 Å². The molecule has 28 heavy (non-hydrogen) atoms. The number of carbonyl (C=O) groups is 2. The van der Waals surface area contributed by atoms with E-state index in [1.54, 1.807) is 32.4 Å². The minimum Gasteiger partial charge on any atom is -0.493 e. The summed E-state index contributed by atoms with van der Waals surface area (Å²) in [6.07, 6.45) is 4.56. The third kappa shape index (κ3) is 5.97. The molecule has 0 saturated heterocycles. The molecule has 1 aromatic heterocycles. The third-order valence-electron chi connectivity index (χ3n) is 4.22. The van der Waals surface area contributed by atoms with Gasteiger partial charge in [0.05, 0.1) is 14.2 Å². The highest BCUT2D eigenvalue weighted by Crippen LogP contribution is 2.27. The number of carbonyl (C=O) groups excluding carboxylic acids is 2. The minimum atomic E-state index is -0.351. The van der Waals surface area contributed by atoms with Gasteiger partial charge in [0.1, 0.15) is 5.69 Å². The van der Waals surface area contributed by atoms with Gasteiger partial charge in [0.25, 0.3) is 11.8 Å². The zero-order valence-corrected chi connectivity index (χ0v) is 16.6. The SMILES string of the molecule is CCCCCNC(=O)c1ccnc(C(=O)NCc2ccc(OC)c(OC)c2)c1. The second kappa shape index (κ2) is 10.9. The highest BCUT2D eigenvalue weighted by atomic mass is 16.5. The van der Waals surface area contributed by atoms with Gasteiger partial charge in [-0.2, -0.15) is 0 Å². The van der Waals surface area contributed by atoms with E-state index in [0.29, 0.717) is 30.2 Å². The van der Waals surface area contributed by atoms with Crippen molar-refractivity contribution in [3.05, 3.63) is 53.3 Å². The number of nitrogens with zero attached hydrogens (tertiary/aromatic N) is 1. The van der Waals surface area contributed by atoms with Gasteiger partial charge < -0.3 is 20.1 Å². The number of hydrogen-bond acceptors (Lipinski definition) is 5. The van der Waals surface area contributed by atoms with E-state index in [2.05, 4.69) is 22.5 Å². The minimum absolute atomic E-state index is 0.196. The molecule has 0 aliphatic carbocycles. The average Bonchev–Trinajstić information content (AvgIpc) is 2.74. The van der Waals surface area contributed by atoms with Crippen LogP contribution in [0.2, 0.25) is 0 Å². The molecule has 0 radical (unpaired) electrons. The maximum atomic E-state index is 12.4. The number of hydrogen-bond donors (Lipinski definition) is 2. The maximum absolute atomic E-state index is 12.4. The van der Waals surface area contributed by atoms with Gasteiger partial charge in [-0.1, -0.05) is 25.8 Å². The molecule has 7 heteroatoms. The fourth-order valence-corrected chi connectivity index (χ4v) is 2.64. The van der Waals surface area contributed by atoms with Gasteiger partial charge >= 0.3 is 0 Å². The van der Waals surface area contributed by atoms with Crippen molar-refractivity contribution in [3.63, 3.8) is 0 Å². The molecule has 1 aromatic carbocycles. The Kier molecular flexibility index (Phi) is 8.27. The Balaban J connectivity index is 1.96. The lowest BCUT2D eigenvalue weighted by Gasteiger charge is -2.10. The molecule has 0 fully saturated rings. The van der Waals surface area contributed by atoms with Gasteiger partial charge in [0.2, 0.25) is 0 Å². The number of benzene rings is 1. The van der Waals surface area contributed by atoms with E-state index in [4.69, 9.17) is 9.47 Å². The Bertz CT molecular complexity index is 808. The number of amides is 2. The van der Waals surface area contributed by atoms with Gasteiger partial charge in [-0.15, -0.1) is 0 Å². The molecule has 1 heterocycles. The molecule has 0 unspecified atom stereocenters. The summed E-state index contributed by atoms with van der Waals surface area (Å²) in [6.45, 7) is 3.03. The van der Waals surface area contributed by atoms with Crippen LogP contribution in [0.25, 0.3) is 0 Å². The fraction of sp³-hybridized carbons (Fsp3) is 0.381. The Hall–Kier alpha value is -3.09. The van der Waals surface area contributed by atoms with Crippen LogP contribution in [-0.4, -0.2) is 37.6 Å². The predicted molar refractivity (Wildman–Crippen MR) is 107 cm³/mol. The number of methoxy groups -OCH3 is 2. The highest BCUT2D eigenvalue weighted by molar-refractivity contribution is 5.98. The standard InChI is InChI=1S/C21H27N3O4/c1-4-5-6-10-23-20(25)16-9-11-22-17(13-16)21(26)24-14-15-7-8-18(27-2)19(12-15)28-3/h7-9,11-13H,4-6,10,14H2,1-3H3,(H,23,25)(H,24,26). The van der Waals surface area contributed by atoms with Crippen LogP contribution < -0.4 is 20.1 Å². The lowest BCUT2D eigenvalue weighted by atomic mass is 10.1. The summed E-state index contributed by atoms with van der Waals surface area (Å²) in [6, 6.07) is 8.52. The van der Waals surface area contributed by atoms with E-state index in [9.17, 15) is 9.59 Å². The lowest BCUT2D eigenvalue weighted by Crippen LogP contribution is -2.27. The summed E-state index contributed by atoms with van der Waals surface area (Å²) in [5, 5.41) is 5.66. The average molecular weight is 385 g/mol. The van der Waals surface area contributed by atoms with Crippen LogP contribution in [0, 0.1) is 0 Å². The number of ether oxygens (including phenoxy) is 2. The molecular formula is C21H27N3O4. The molecule has 7 nitrogen and oxygen atoms in total. The molecule has 2 aromatic rings. The van der Waals surface area contributed by atoms with Gasteiger partial charge in [0, 0.05) is 24.8 Å². The van der Waals surface area contributed by atoms with Crippen LogP contribution in [0.3, 0.4) is 0 Å². The monoisotopic (exact) mass is 385 g/mol. The van der Waals surface area contributed by atoms with Gasteiger partial charge in [-0.3, -0.25) is 14.6 Å². The van der Waals surface area contributed by atoms with E-state index < -0.39 is 0 Å². The number of unbranched alkanes of at least 4 members (excludes halogenated alkanes) is 2. The predicted octanol–water partition coefficient (Wildman–Crippen LogP) is 2.95. The zero-order valence-electron chi connectivity index (χ0n) is 16.6. The van der Waals surface area contributed by atoms with Crippen LogP contribution in [-0.2, 0) is 6.54 Å². The Labute approximate surface area is 165 Å². The molecule has 2 amide bonds. The first-order valence-corrected chi connectivity index (χ1v) is 9.32. The highest BCUT2D eigenvalue weighted by Gasteiger charge is 2.12. The largest absolute Gasteiger partial charge is 0.493 e. The molecule has 2 N–H and O–H groups in total. The van der Waals surface area contributed by atoms with Gasteiger partial charge in [-0.05, 0) is 36.2 Å². The molecule has 0 bridgehead atoms. The summed E-state index contributed by atoms with van der Waals surface area (Å²) < 4.78 is 10.5. The fourth-order valence-electron chi connectivity index (χ4n) is 2.64. The second-order valence-electron chi connectivity index (χ2n) is 6.26. The van der Waals surface area contributed by atoms with Gasteiger partial charge in [0.15, 0.2) is 11.5 Å². The van der Waals surface area contributed by atoms with Crippen molar-refractivity contribution < 1.29 is 19.1 Å². The summed E-state index contributed by atoms with van der Waals surface area (Å²) in [7, 11) is 3.13. The summed E-state index contributed by atoms with van der Waals surface area (Å²) >= 11 is 0. The third-order valence-corrected chi connectivity index (χ3v) is 4.22.